The monoisotopic (exact) mass is 512 g/mol. The summed E-state index contributed by atoms with van der Waals surface area (Å²) < 4.78 is 63.4. The summed E-state index contributed by atoms with van der Waals surface area (Å²) in [5.41, 5.74) is -3.12. The fourth-order valence-electron chi connectivity index (χ4n) is 4.07. The maximum atomic E-state index is 13.2. The first-order chi connectivity index (χ1) is 17.1. The number of H-pyrrole nitrogens is 1. The van der Waals surface area contributed by atoms with E-state index in [1.807, 2.05) is 11.8 Å². The number of rotatable bonds is 8. The van der Waals surface area contributed by atoms with Crippen LogP contribution in [0.5, 0.6) is 0 Å². The van der Waals surface area contributed by atoms with Crippen LogP contribution in [0.3, 0.4) is 0 Å². The van der Waals surface area contributed by atoms with Crippen molar-refractivity contribution in [3.05, 3.63) is 52.0 Å². The highest BCUT2D eigenvalue weighted by Gasteiger charge is 2.37. The fourth-order valence-corrected chi connectivity index (χ4v) is 4.07. The molecule has 0 radical (unpaired) electrons. The second-order valence-corrected chi connectivity index (χ2v) is 8.56. The summed E-state index contributed by atoms with van der Waals surface area (Å²) in [7, 11) is 0. The van der Waals surface area contributed by atoms with Gasteiger partial charge in [0.25, 0.3) is 11.4 Å². The van der Waals surface area contributed by atoms with Crippen LogP contribution in [0, 0.1) is 5.82 Å². The van der Waals surface area contributed by atoms with Gasteiger partial charge in [-0.15, -0.1) is 0 Å². The second kappa shape index (κ2) is 10.6. The van der Waals surface area contributed by atoms with Gasteiger partial charge in [-0.2, -0.15) is 23.3 Å². The van der Waals surface area contributed by atoms with E-state index >= 15 is 0 Å². The molecule has 3 aromatic heterocycles. The summed E-state index contributed by atoms with van der Waals surface area (Å²) in [5.74, 6) is 0.787. The van der Waals surface area contributed by atoms with Crippen LogP contribution in [0.4, 0.5) is 29.2 Å². The number of hydrogen-bond acceptors (Lipinski definition) is 10. The maximum absolute atomic E-state index is 13.2. The van der Waals surface area contributed by atoms with Gasteiger partial charge < -0.3 is 19.5 Å². The summed E-state index contributed by atoms with van der Waals surface area (Å²) >= 11 is 0. The molecule has 1 fully saturated rings. The van der Waals surface area contributed by atoms with Gasteiger partial charge in [-0.1, -0.05) is 5.16 Å². The molecule has 4 heterocycles. The molecule has 3 aromatic rings. The van der Waals surface area contributed by atoms with Crippen LogP contribution >= 0.6 is 0 Å². The average molecular weight is 512 g/mol. The van der Waals surface area contributed by atoms with Crippen molar-refractivity contribution in [3.8, 4) is 0 Å². The van der Waals surface area contributed by atoms with Gasteiger partial charge in [0.15, 0.2) is 11.6 Å². The highest BCUT2D eigenvalue weighted by atomic mass is 19.4. The Hall–Kier alpha value is -3.62. The van der Waals surface area contributed by atoms with Crippen molar-refractivity contribution in [1.82, 2.24) is 30.3 Å². The van der Waals surface area contributed by atoms with Crippen LogP contribution in [0.25, 0.3) is 0 Å². The molecule has 0 amide bonds. The Kier molecular flexibility index (Phi) is 7.47. The topological polar surface area (TPSA) is 135 Å². The van der Waals surface area contributed by atoms with Crippen molar-refractivity contribution in [2.24, 2.45) is 0 Å². The average Bonchev–Trinajstić information content (AvgIpc) is 3.28. The van der Waals surface area contributed by atoms with E-state index in [0.717, 1.165) is 25.0 Å². The molecule has 36 heavy (non-hydrogen) atoms. The summed E-state index contributed by atoms with van der Waals surface area (Å²) in [6, 6.07) is -0.503. The van der Waals surface area contributed by atoms with Crippen LogP contribution in [0.2, 0.25) is 0 Å². The molecule has 3 unspecified atom stereocenters. The van der Waals surface area contributed by atoms with E-state index in [1.165, 1.54) is 0 Å². The Morgan fingerprint density at radius 3 is 2.75 bits per heavy atom. The van der Waals surface area contributed by atoms with Crippen LogP contribution in [0.1, 0.15) is 49.9 Å². The molecule has 0 bridgehead atoms. The lowest BCUT2D eigenvalue weighted by Crippen LogP contribution is -2.41. The standard InChI is InChI=1S/C21H24F4N8O3/c1-11(29-15-8-28-31-19(34)17(15)21(23,24)25)9-35-10-16-30-18(32-36-16)13-3-4-33(12(2)5-13)20-26-6-14(22)7-27-20/h6-8,11-13H,3-5,9-10H2,1-2H3,(H2,29,31,34). The molecule has 194 valence electrons. The van der Waals surface area contributed by atoms with E-state index in [0.29, 0.717) is 24.7 Å². The van der Waals surface area contributed by atoms with E-state index in [9.17, 15) is 22.4 Å². The number of anilines is 2. The normalized spacial score (nSPS) is 19.3. The lowest BCUT2D eigenvalue weighted by Gasteiger charge is -2.36. The number of alkyl halides is 3. The van der Waals surface area contributed by atoms with Gasteiger partial charge in [0.1, 0.15) is 12.2 Å². The zero-order valence-electron chi connectivity index (χ0n) is 19.4. The van der Waals surface area contributed by atoms with Gasteiger partial charge in [-0.25, -0.2) is 19.5 Å². The molecule has 3 atom stereocenters. The highest BCUT2D eigenvalue weighted by molar-refractivity contribution is 5.50. The van der Waals surface area contributed by atoms with Crippen molar-refractivity contribution < 1.29 is 26.8 Å². The number of halogens is 4. The number of nitrogens with zero attached hydrogens (tertiary/aromatic N) is 6. The molecule has 15 heteroatoms. The first-order valence-electron chi connectivity index (χ1n) is 11.2. The number of aromatic amines is 1. The molecule has 1 aliphatic rings. The van der Waals surface area contributed by atoms with Gasteiger partial charge in [-0.05, 0) is 26.7 Å². The van der Waals surface area contributed by atoms with E-state index in [1.54, 1.807) is 12.0 Å². The highest BCUT2D eigenvalue weighted by Crippen LogP contribution is 2.32. The van der Waals surface area contributed by atoms with Crippen molar-refractivity contribution in [3.63, 3.8) is 0 Å². The number of nitrogens with one attached hydrogen (secondary N) is 2. The number of piperidine rings is 1. The zero-order chi connectivity index (χ0) is 25.9. The molecule has 4 rings (SSSR count). The molecule has 0 spiro atoms. The molecule has 2 N–H and O–H groups in total. The van der Waals surface area contributed by atoms with Gasteiger partial charge in [0.05, 0.1) is 30.9 Å². The van der Waals surface area contributed by atoms with Crippen molar-refractivity contribution in [1.29, 1.82) is 0 Å². The van der Waals surface area contributed by atoms with Gasteiger partial charge in [0, 0.05) is 24.5 Å². The van der Waals surface area contributed by atoms with Crippen LogP contribution < -0.4 is 15.8 Å². The Bertz CT molecular complexity index is 1220. The van der Waals surface area contributed by atoms with E-state index in [-0.39, 0.29) is 31.1 Å². The quantitative estimate of drug-likeness (QED) is 0.434. The fraction of sp³-hybridized carbons (Fsp3) is 0.524. The predicted octanol–water partition coefficient (Wildman–Crippen LogP) is 2.89. The third kappa shape index (κ3) is 5.95. The van der Waals surface area contributed by atoms with Crippen LogP contribution in [-0.2, 0) is 17.5 Å². The van der Waals surface area contributed by atoms with Crippen molar-refractivity contribution >= 4 is 11.6 Å². The minimum absolute atomic E-state index is 0.00883. The smallest absolute Gasteiger partial charge is 0.378 e. The predicted molar refractivity (Wildman–Crippen MR) is 118 cm³/mol. The maximum Gasteiger partial charge on any atom is 0.423 e. The van der Waals surface area contributed by atoms with Gasteiger partial charge in [0.2, 0.25) is 5.95 Å². The number of hydrogen-bond donors (Lipinski definition) is 2. The molecule has 0 aliphatic carbocycles. The zero-order valence-corrected chi connectivity index (χ0v) is 19.4. The van der Waals surface area contributed by atoms with Crippen LogP contribution in [0.15, 0.2) is 27.9 Å². The first-order valence-corrected chi connectivity index (χ1v) is 11.2. The van der Waals surface area contributed by atoms with E-state index in [4.69, 9.17) is 9.26 Å². The van der Waals surface area contributed by atoms with Crippen molar-refractivity contribution in [2.45, 2.75) is 57.5 Å². The SMILES string of the molecule is CC(COCc1nc(C2CCN(c3ncc(F)cn3)C(C)C2)no1)Nc1cn[nH]c(=O)c1C(F)(F)F. The minimum atomic E-state index is -4.83. The summed E-state index contributed by atoms with van der Waals surface area (Å²) in [6.45, 7) is 4.22. The van der Waals surface area contributed by atoms with Gasteiger partial charge in [-0.3, -0.25) is 4.79 Å². The summed E-state index contributed by atoms with van der Waals surface area (Å²) in [4.78, 5) is 26.0. The minimum Gasteiger partial charge on any atom is -0.378 e. The largest absolute Gasteiger partial charge is 0.423 e. The number of ether oxygens (including phenoxy) is 1. The Morgan fingerprint density at radius 2 is 2.06 bits per heavy atom. The Labute approximate surface area is 202 Å². The Balaban J connectivity index is 1.28. The third-order valence-corrected chi connectivity index (χ3v) is 5.72. The van der Waals surface area contributed by atoms with Gasteiger partial charge >= 0.3 is 6.18 Å². The lowest BCUT2D eigenvalue weighted by molar-refractivity contribution is -0.138. The molecule has 11 nitrogen and oxygen atoms in total. The third-order valence-electron chi connectivity index (χ3n) is 5.72. The second-order valence-electron chi connectivity index (χ2n) is 8.56. The molecule has 1 aliphatic heterocycles. The molecular formula is C21H24F4N8O3. The summed E-state index contributed by atoms with van der Waals surface area (Å²) in [5, 5.41) is 11.8. The molecule has 0 saturated carbocycles. The first kappa shape index (κ1) is 25.5. The lowest BCUT2D eigenvalue weighted by atomic mass is 9.91. The molecular weight excluding hydrogens is 488 g/mol. The van der Waals surface area contributed by atoms with Crippen LogP contribution in [-0.4, -0.2) is 55.5 Å². The van der Waals surface area contributed by atoms with E-state index < -0.39 is 34.8 Å². The Morgan fingerprint density at radius 1 is 1.31 bits per heavy atom. The summed E-state index contributed by atoms with van der Waals surface area (Å²) in [6.07, 6.45) is -0.229. The van der Waals surface area contributed by atoms with Crippen molar-refractivity contribution in [2.75, 3.05) is 23.4 Å². The van der Waals surface area contributed by atoms with E-state index in [2.05, 4.69) is 30.5 Å². The molecule has 0 aromatic carbocycles. The number of aromatic nitrogens is 6. The molecule has 1 saturated heterocycles.